The third-order valence-corrected chi connectivity index (χ3v) is 3.37. The van der Waals surface area contributed by atoms with Crippen LogP contribution in [0.25, 0.3) is 0 Å². The second-order valence-electron chi connectivity index (χ2n) is 4.90. The van der Waals surface area contributed by atoms with E-state index >= 15 is 0 Å². The summed E-state index contributed by atoms with van der Waals surface area (Å²) in [5.41, 5.74) is 2.35. The van der Waals surface area contributed by atoms with Crippen molar-refractivity contribution in [3.63, 3.8) is 0 Å². The average molecular weight is 289 g/mol. The van der Waals surface area contributed by atoms with Crippen LogP contribution in [0.15, 0.2) is 36.4 Å². The van der Waals surface area contributed by atoms with Crippen molar-refractivity contribution in [3.8, 4) is 5.75 Å². The van der Waals surface area contributed by atoms with Gasteiger partial charge in [0.2, 0.25) is 5.91 Å². The molecule has 108 valence electrons. The molecule has 0 saturated heterocycles. The number of carbonyl (C=O) groups excluding carboxylic acids is 1. The first-order chi connectivity index (χ1) is 10.1. The van der Waals surface area contributed by atoms with Crippen molar-refractivity contribution in [3.05, 3.63) is 59.2 Å². The highest BCUT2D eigenvalue weighted by Gasteiger charge is 2.15. The van der Waals surface area contributed by atoms with Crippen molar-refractivity contribution < 1.29 is 18.3 Å². The number of fused-ring (bicyclic) bond motifs is 1. The van der Waals surface area contributed by atoms with Crippen molar-refractivity contribution in [1.82, 2.24) is 0 Å². The van der Waals surface area contributed by atoms with Crippen molar-refractivity contribution in [1.29, 1.82) is 0 Å². The lowest BCUT2D eigenvalue weighted by molar-refractivity contribution is -0.116. The van der Waals surface area contributed by atoms with E-state index in [0.717, 1.165) is 23.4 Å². The summed E-state index contributed by atoms with van der Waals surface area (Å²) in [6.07, 6.45) is 1.20. The number of amides is 1. The Morgan fingerprint density at radius 1 is 1.05 bits per heavy atom. The van der Waals surface area contributed by atoms with Crippen LogP contribution in [-0.4, -0.2) is 5.91 Å². The number of hydrogen-bond donors (Lipinski definition) is 1. The van der Waals surface area contributed by atoms with E-state index in [2.05, 4.69) is 5.32 Å². The molecule has 0 spiro atoms. The van der Waals surface area contributed by atoms with Crippen LogP contribution in [0.1, 0.15) is 17.5 Å². The molecule has 0 aliphatic carbocycles. The standard InChI is InChI=1S/C16H13F2NO2/c17-13-5-1-10(7-14(13)18)9-21-12-4-2-11-3-6-16(20)19-15(11)8-12/h1-2,4-5,7-8H,3,6,9H2,(H,19,20). The second kappa shape index (κ2) is 5.52. The van der Waals surface area contributed by atoms with Crippen LogP contribution in [0.5, 0.6) is 5.75 Å². The lowest BCUT2D eigenvalue weighted by Gasteiger charge is -2.17. The Hall–Kier alpha value is -2.43. The molecule has 21 heavy (non-hydrogen) atoms. The molecule has 0 radical (unpaired) electrons. The minimum Gasteiger partial charge on any atom is -0.489 e. The molecule has 5 heteroatoms. The van der Waals surface area contributed by atoms with Gasteiger partial charge in [-0.25, -0.2) is 8.78 Å². The van der Waals surface area contributed by atoms with Gasteiger partial charge in [-0.3, -0.25) is 4.79 Å². The van der Waals surface area contributed by atoms with Crippen molar-refractivity contribution >= 4 is 11.6 Å². The molecule has 1 heterocycles. The fourth-order valence-electron chi connectivity index (χ4n) is 2.24. The Bertz CT molecular complexity index is 701. The number of aryl methyl sites for hydroxylation is 1. The number of nitrogens with one attached hydrogen (secondary N) is 1. The lowest BCUT2D eigenvalue weighted by atomic mass is 10.0. The summed E-state index contributed by atoms with van der Waals surface area (Å²) in [6.45, 7) is 0.129. The number of rotatable bonds is 3. The first kappa shape index (κ1) is 13.5. The molecule has 1 N–H and O–H groups in total. The van der Waals surface area contributed by atoms with E-state index in [1.54, 1.807) is 12.1 Å². The molecular weight excluding hydrogens is 276 g/mol. The van der Waals surface area contributed by atoms with Gasteiger partial charge in [0.05, 0.1) is 0 Å². The van der Waals surface area contributed by atoms with Gasteiger partial charge in [-0.15, -0.1) is 0 Å². The first-order valence-electron chi connectivity index (χ1n) is 6.61. The van der Waals surface area contributed by atoms with Crippen LogP contribution in [0.2, 0.25) is 0 Å². The van der Waals surface area contributed by atoms with Gasteiger partial charge in [-0.2, -0.15) is 0 Å². The summed E-state index contributed by atoms with van der Waals surface area (Å²) in [5.74, 6) is -1.22. The van der Waals surface area contributed by atoms with Crippen LogP contribution < -0.4 is 10.1 Å². The predicted molar refractivity (Wildman–Crippen MR) is 74.1 cm³/mol. The predicted octanol–water partition coefficient (Wildman–Crippen LogP) is 3.43. The number of benzene rings is 2. The molecule has 2 aromatic carbocycles. The largest absolute Gasteiger partial charge is 0.489 e. The normalized spacial score (nSPS) is 13.5. The number of carbonyl (C=O) groups is 1. The number of ether oxygens (including phenoxy) is 1. The van der Waals surface area contributed by atoms with Crippen LogP contribution in [0, 0.1) is 11.6 Å². The maximum atomic E-state index is 13.1. The van der Waals surface area contributed by atoms with Gasteiger partial charge < -0.3 is 10.1 Å². The van der Waals surface area contributed by atoms with Crippen molar-refractivity contribution in [2.75, 3.05) is 5.32 Å². The van der Waals surface area contributed by atoms with E-state index in [4.69, 9.17) is 4.74 Å². The second-order valence-corrected chi connectivity index (χ2v) is 4.90. The van der Waals surface area contributed by atoms with Gasteiger partial charge in [-0.05, 0) is 35.7 Å². The van der Waals surface area contributed by atoms with E-state index in [9.17, 15) is 13.6 Å². The van der Waals surface area contributed by atoms with Crippen LogP contribution in [0.4, 0.5) is 14.5 Å². The molecule has 2 aromatic rings. The van der Waals surface area contributed by atoms with E-state index in [1.165, 1.54) is 6.07 Å². The minimum atomic E-state index is -0.895. The Balaban J connectivity index is 1.72. The molecule has 1 aliphatic rings. The van der Waals surface area contributed by atoms with E-state index in [0.29, 0.717) is 24.2 Å². The van der Waals surface area contributed by atoms with Gasteiger partial charge in [0.25, 0.3) is 0 Å². The summed E-state index contributed by atoms with van der Waals surface area (Å²) >= 11 is 0. The lowest BCUT2D eigenvalue weighted by Crippen LogP contribution is -2.18. The molecule has 1 aliphatic heterocycles. The first-order valence-corrected chi connectivity index (χ1v) is 6.61. The zero-order valence-electron chi connectivity index (χ0n) is 11.2. The number of anilines is 1. The Morgan fingerprint density at radius 3 is 2.71 bits per heavy atom. The molecule has 0 bridgehead atoms. The fourth-order valence-corrected chi connectivity index (χ4v) is 2.24. The van der Waals surface area contributed by atoms with Gasteiger partial charge in [-0.1, -0.05) is 12.1 Å². The number of hydrogen-bond acceptors (Lipinski definition) is 2. The molecule has 0 saturated carbocycles. The van der Waals surface area contributed by atoms with Crippen LogP contribution in [0.3, 0.4) is 0 Å². The monoisotopic (exact) mass is 289 g/mol. The van der Waals surface area contributed by atoms with Gasteiger partial charge in [0.15, 0.2) is 11.6 Å². The zero-order valence-corrected chi connectivity index (χ0v) is 11.2. The highest BCUT2D eigenvalue weighted by atomic mass is 19.2. The number of halogens is 2. The Morgan fingerprint density at radius 2 is 1.90 bits per heavy atom. The van der Waals surface area contributed by atoms with Gasteiger partial charge >= 0.3 is 0 Å². The molecular formula is C16H13F2NO2. The SMILES string of the molecule is O=C1CCc2ccc(OCc3ccc(F)c(F)c3)cc2N1. The third kappa shape index (κ3) is 3.02. The summed E-state index contributed by atoms with van der Waals surface area (Å²) in [6, 6.07) is 9.09. The molecule has 1 amide bonds. The summed E-state index contributed by atoms with van der Waals surface area (Å²) < 4.78 is 31.5. The summed E-state index contributed by atoms with van der Waals surface area (Å²) in [7, 11) is 0. The molecule has 3 nitrogen and oxygen atoms in total. The van der Waals surface area contributed by atoms with Crippen LogP contribution in [-0.2, 0) is 17.8 Å². The van der Waals surface area contributed by atoms with Crippen LogP contribution >= 0.6 is 0 Å². The van der Waals surface area contributed by atoms with Gasteiger partial charge in [0, 0.05) is 18.2 Å². The third-order valence-electron chi connectivity index (χ3n) is 3.37. The smallest absolute Gasteiger partial charge is 0.224 e. The maximum Gasteiger partial charge on any atom is 0.224 e. The fraction of sp³-hybridized carbons (Fsp3) is 0.188. The van der Waals surface area contributed by atoms with E-state index in [1.807, 2.05) is 6.07 Å². The van der Waals surface area contributed by atoms with E-state index < -0.39 is 11.6 Å². The highest BCUT2D eigenvalue weighted by Crippen LogP contribution is 2.27. The molecule has 0 fully saturated rings. The molecule has 0 aromatic heterocycles. The quantitative estimate of drug-likeness (QED) is 0.940. The molecule has 3 rings (SSSR count). The van der Waals surface area contributed by atoms with Gasteiger partial charge in [0.1, 0.15) is 12.4 Å². The minimum absolute atomic E-state index is 0.0137. The Kier molecular flexibility index (Phi) is 3.56. The summed E-state index contributed by atoms with van der Waals surface area (Å²) in [5, 5.41) is 2.79. The average Bonchev–Trinajstić information content (AvgIpc) is 2.48. The van der Waals surface area contributed by atoms with Crippen molar-refractivity contribution in [2.45, 2.75) is 19.4 Å². The molecule has 0 atom stereocenters. The zero-order chi connectivity index (χ0) is 14.8. The topological polar surface area (TPSA) is 38.3 Å². The Labute approximate surface area is 120 Å². The maximum absolute atomic E-state index is 13.1. The van der Waals surface area contributed by atoms with E-state index in [-0.39, 0.29) is 12.5 Å². The highest BCUT2D eigenvalue weighted by molar-refractivity contribution is 5.94. The van der Waals surface area contributed by atoms with Crippen molar-refractivity contribution in [2.24, 2.45) is 0 Å². The molecule has 0 unspecified atom stereocenters. The summed E-state index contributed by atoms with van der Waals surface area (Å²) in [4.78, 5) is 11.4.